The number of fused-ring (bicyclic) bond motifs is 1. The molecule has 0 unspecified atom stereocenters. The van der Waals surface area contributed by atoms with Crippen LogP contribution in [0.3, 0.4) is 0 Å². The number of halogens is 2. The number of rotatable bonds is 0. The summed E-state index contributed by atoms with van der Waals surface area (Å²) >= 11 is 5.70. The lowest BCUT2D eigenvalue weighted by Crippen LogP contribution is -1.72. The largest absolute Gasteiger partial charge is 0.463 e. The van der Waals surface area contributed by atoms with Gasteiger partial charge < -0.3 is 4.42 Å². The van der Waals surface area contributed by atoms with Crippen molar-refractivity contribution in [3.63, 3.8) is 0 Å². The van der Waals surface area contributed by atoms with Crippen molar-refractivity contribution < 1.29 is 4.42 Å². The van der Waals surface area contributed by atoms with Crippen molar-refractivity contribution in [1.29, 1.82) is 0 Å². The standard InChI is InChI=1S/C8H4BrIO/c9-6-1-2-7(10)5-3-4-11-8(5)6/h1-4H. The van der Waals surface area contributed by atoms with Gasteiger partial charge in [-0.05, 0) is 56.7 Å². The van der Waals surface area contributed by atoms with E-state index in [4.69, 9.17) is 4.42 Å². The molecule has 1 nitrogen and oxygen atoms in total. The Kier molecular flexibility index (Phi) is 1.93. The summed E-state index contributed by atoms with van der Waals surface area (Å²) in [6.07, 6.45) is 1.71. The quantitative estimate of drug-likeness (QED) is 0.672. The molecule has 0 atom stereocenters. The van der Waals surface area contributed by atoms with Crippen LogP contribution in [0.1, 0.15) is 0 Å². The van der Waals surface area contributed by atoms with Crippen molar-refractivity contribution in [2.24, 2.45) is 0 Å². The van der Waals surface area contributed by atoms with Crippen LogP contribution >= 0.6 is 38.5 Å². The zero-order chi connectivity index (χ0) is 7.84. The van der Waals surface area contributed by atoms with Gasteiger partial charge in [-0.25, -0.2) is 0 Å². The van der Waals surface area contributed by atoms with Gasteiger partial charge in [-0.2, -0.15) is 0 Å². The van der Waals surface area contributed by atoms with E-state index < -0.39 is 0 Å². The van der Waals surface area contributed by atoms with Crippen LogP contribution in [0.25, 0.3) is 11.0 Å². The third kappa shape index (κ3) is 1.20. The minimum absolute atomic E-state index is 0.928. The Balaban J connectivity index is 2.96. The first-order valence-electron chi connectivity index (χ1n) is 3.10. The van der Waals surface area contributed by atoms with Crippen molar-refractivity contribution in [2.45, 2.75) is 0 Å². The maximum atomic E-state index is 5.28. The van der Waals surface area contributed by atoms with Gasteiger partial charge in [0, 0.05) is 8.96 Å². The van der Waals surface area contributed by atoms with Crippen LogP contribution in [0.4, 0.5) is 0 Å². The van der Waals surface area contributed by atoms with Crippen molar-refractivity contribution >= 4 is 49.5 Å². The van der Waals surface area contributed by atoms with Gasteiger partial charge >= 0.3 is 0 Å². The highest BCUT2D eigenvalue weighted by molar-refractivity contribution is 14.1. The molecule has 0 N–H and O–H groups in total. The Labute approximate surface area is 86.0 Å². The van der Waals surface area contributed by atoms with E-state index in [0.29, 0.717) is 0 Å². The van der Waals surface area contributed by atoms with Gasteiger partial charge in [-0.15, -0.1) is 0 Å². The smallest absolute Gasteiger partial charge is 0.149 e. The average molecular weight is 323 g/mol. The molecular weight excluding hydrogens is 319 g/mol. The van der Waals surface area contributed by atoms with E-state index in [9.17, 15) is 0 Å². The van der Waals surface area contributed by atoms with Crippen LogP contribution in [-0.2, 0) is 0 Å². The molecule has 1 aromatic carbocycles. The molecule has 0 spiro atoms. The fourth-order valence-electron chi connectivity index (χ4n) is 0.994. The van der Waals surface area contributed by atoms with E-state index in [1.54, 1.807) is 6.26 Å². The topological polar surface area (TPSA) is 13.1 Å². The van der Waals surface area contributed by atoms with Gasteiger partial charge in [0.2, 0.25) is 0 Å². The van der Waals surface area contributed by atoms with Crippen LogP contribution in [0.5, 0.6) is 0 Å². The Morgan fingerprint density at radius 3 is 2.82 bits per heavy atom. The summed E-state index contributed by atoms with van der Waals surface area (Å²) in [5.41, 5.74) is 0.928. The highest BCUT2D eigenvalue weighted by Gasteiger charge is 2.03. The first kappa shape index (κ1) is 7.61. The summed E-state index contributed by atoms with van der Waals surface area (Å²) in [5.74, 6) is 0. The summed E-state index contributed by atoms with van der Waals surface area (Å²) in [6.45, 7) is 0. The van der Waals surface area contributed by atoms with Crippen LogP contribution in [0.15, 0.2) is 33.4 Å². The van der Waals surface area contributed by atoms with Crippen LogP contribution in [0, 0.1) is 3.57 Å². The molecular formula is C8H4BrIO. The number of hydrogen-bond acceptors (Lipinski definition) is 1. The summed E-state index contributed by atoms with van der Waals surface area (Å²) in [4.78, 5) is 0. The fraction of sp³-hybridized carbons (Fsp3) is 0. The second kappa shape index (κ2) is 2.79. The molecule has 0 saturated heterocycles. The molecule has 11 heavy (non-hydrogen) atoms. The number of hydrogen-bond donors (Lipinski definition) is 0. The number of benzene rings is 1. The minimum atomic E-state index is 0.928. The van der Waals surface area contributed by atoms with E-state index in [0.717, 1.165) is 10.1 Å². The third-order valence-electron chi connectivity index (χ3n) is 1.52. The van der Waals surface area contributed by atoms with Gasteiger partial charge in [0.15, 0.2) is 0 Å². The summed E-state index contributed by atoms with van der Waals surface area (Å²) in [7, 11) is 0. The summed E-state index contributed by atoms with van der Waals surface area (Å²) in [5, 5.41) is 1.17. The summed E-state index contributed by atoms with van der Waals surface area (Å²) < 4.78 is 7.51. The van der Waals surface area contributed by atoms with Crippen molar-refractivity contribution in [2.75, 3.05) is 0 Å². The van der Waals surface area contributed by atoms with E-state index in [2.05, 4.69) is 44.6 Å². The SMILES string of the molecule is Brc1ccc(I)c2ccoc12. The summed E-state index contributed by atoms with van der Waals surface area (Å²) in [6, 6.07) is 6.03. The molecule has 2 aromatic rings. The monoisotopic (exact) mass is 322 g/mol. The fourth-order valence-corrected chi connectivity index (χ4v) is 2.04. The van der Waals surface area contributed by atoms with E-state index >= 15 is 0 Å². The van der Waals surface area contributed by atoms with Gasteiger partial charge in [-0.3, -0.25) is 0 Å². The Morgan fingerprint density at radius 2 is 2.09 bits per heavy atom. The second-order valence-electron chi connectivity index (χ2n) is 2.19. The van der Waals surface area contributed by atoms with Crippen LogP contribution in [0.2, 0.25) is 0 Å². The molecule has 3 heteroatoms. The van der Waals surface area contributed by atoms with Gasteiger partial charge in [0.25, 0.3) is 0 Å². The lowest BCUT2D eigenvalue weighted by atomic mass is 10.3. The van der Waals surface area contributed by atoms with Crippen LogP contribution in [-0.4, -0.2) is 0 Å². The van der Waals surface area contributed by atoms with Gasteiger partial charge in [-0.1, -0.05) is 0 Å². The predicted octanol–water partition coefficient (Wildman–Crippen LogP) is 3.80. The predicted molar refractivity (Wildman–Crippen MR) is 56.6 cm³/mol. The minimum Gasteiger partial charge on any atom is -0.463 e. The van der Waals surface area contributed by atoms with Gasteiger partial charge in [0.1, 0.15) is 5.58 Å². The van der Waals surface area contributed by atoms with Crippen molar-refractivity contribution in [3.8, 4) is 0 Å². The van der Waals surface area contributed by atoms with Gasteiger partial charge in [0.05, 0.1) is 10.7 Å². The molecule has 1 aromatic heterocycles. The molecule has 2 rings (SSSR count). The normalized spacial score (nSPS) is 10.7. The number of furan rings is 1. The second-order valence-corrected chi connectivity index (χ2v) is 4.21. The zero-order valence-electron chi connectivity index (χ0n) is 5.47. The molecule has 0 aliphatic heterocycles. The molecule has 0 aliphatic carbocycles. The maximum Gasteiger partial charge on any atom is 0.149 e. The Bertz CT molecular complexity index is 358. The van der Waals surface area contributed by atoms with Crippen molar-refractivity contribution in [3.05, 3.63) is 32.5 Å². The Hall–Kier alpha value is -0.0300. The Morgan fingerprint density at radius 1 is 1.27 bits per heavy atom. The molecule has 0 radical (unpaired) electrons. The lowest BCUT2D eigenvalue weighted by Gasteiger charge is -1.93. The van der Waals surface area contributed by atoms with Crippen molar-refractivity contribution in [1.82, 2.24) is 0 Å². The maximum absolute atomic E-state index is 5.28. The lowest BCUT2D eigenvalue weighted by molar-refractivity contribution is 0.614. The highest BCUT2D eigenvalue weighted by atomic mass is 127. The van der Waals surface area contributed by atoms with E-state index in [1.807, 2.05) is 12.1 Å². The molecule has 0 saturated carbocycles. The highest BCUT2D eigenvalue weighted by Crippen LogP contribution is 2.28. The average Bonchev–Trinajstić information content (AvgIpc) is 2.45. The molecule has 0 aliphatic rings. The first-order valence-corrected chi connectivity index (χ1v) is 4.97. The van der Waals surface area contributed by atoms with Crippen LogP contribution < -0.4 is 0 Å². The zero-order valence-corrected chi connectivity index (χ0v) is 9.22. The van der Waals surface area contributed by atoms with E-state index in [1.165, 1.54) is 8.96 Å². The first-order chi connectivity index (χ1) is 5.29. The molecule has 0 amide bonds. The molecule has 0 bridgehead atoms. The van der Waals surface area contributed by atoms with E-state index in [-0.39, 0.29) is 0 Å². The molecule has 56 valence electrons. The molecule has 0 fully saturated rings. The third-order valence-corrected chi connectivity index (χ3v) is 3.08. The molecule has 1 heterocycles.